The lowest BCUT2D eigenvalue weighted by Crippen LogP contribution is -2.29. The normalized spacial score (nSPS) is 14.2. The van der Waals surface area contributed by atoms with Gasteiger partial charge in [0, 0.05) is 6.04 Å². The second-order valence-corrected chi connectivity index (χ2v) is 5.25. The van der Waals surface area contributed by atoms with E-state index in [1.807, 2.05) is 24.8 Å². The van der Waals surface area contributed by atoms with Gasteiger partial charge >= 0.3 is 5.97 Å². The molecule has 0 amide bonds. The van der Waals surface area contributed by atoms with Crippen LogP contribution in [0, 0.1) is 0 Å². The molecule has 0 bridgehead atoms. The molecule has 1 aromatic rings. The number of carbonyl (C=O) groups is 1. The van der Waals surface area contributed by atoms with Crippen LogP contribution in [0.2, 0.25) is 0 Å². The molecule has 0 spiro atoms. The summed E-state index contributed by atoms with van der Waals surface area (Å²) in [5, 5.41) is 3.44. The van der Waals surface area contributed by atoms with E-state index in [4.69, 9.17) is 4.42 Å². The van der Waals surface area contributed by atoms with Crippen LogP contribution in [0.5, 0.6) is 0 Å². The van der Waals surface area contributed by atoms with Crippen molar-refractivity contribution in [2.45, 2.75) is 32.4 Å². The summed E-state index contributed by atoms with van der Waals surface area (Å²) in [5.74, 6) is 1.69. The Kier molecular flexibility index (Phi) is 6.29. The zero-order valence-corrected chi connectivity index (χ0v) is 12.2. The van der Waals surface area contributed by atoms with Gasteiger partial charge in [0.25, 0.3) is 0 Å². The Morgan fingerprint density at radius 1 is 1.50 bits per heavy atom. The Hall–Kier alpha value is -0.940. The van der Waals surface area contributed by atoms with Gasteiger partial charge in [0.1, 0.15) is 5.76 Å². The number of hydrogen-bond acceptors (Lipinski definition) is 5. The summed E-state index contributed by atoms with van der Waals surface area (Å²) < 4.78 is 10.1. The molecule has 0 aliphatic carbocycles. The molecule has 0 saturated heterocycles. The maximum atomic E-state index is 11.3. The fraction of sp³-hybridized carbons (Fsp3) is 0.615. The third kappa shape index (κ3) is 4.38. The average Bonchev–Trinajstić information content (AvgIpc) is 2.85. The molecule has 0 aromatic carbocycles. The SMILES string of the molecule is COC(=O)c1ccc(C(C)NC(C)CCSC)o1. The second-order valence-electron chi connectivity index (χ2n) is 4.26. The monoisotopic (exact) mass is 271 g/mol. The van der Waals surface area contributed by atoms with E-state index in [1.165, 1.54) is 7.11 Å². The van der Waals surface area contributed by atoms with Gasteiger partial charge < -0.3 is 14.5 Å². The van der Waals surface area contributed by atoms with Crippen molar-refractivity contribution in [3.63, 3.8) is 0 Å². The highest BCUT2D eigenvalue weighted by Gasteiger charge is 2.16. The lowest BCUT2D eigenvalue weighted by molar-refractivity contribution is 0.0562. The van der Waals surface area contributed by atoms with E-state index in [0.29, 0.717) is 6.04 Å². The van der Waals surface area contributed by atoms with E-state index in [0.717, 1.165) is 17.9 Å². The van der Waals surface area contributed by atoms with Gasteiger partial charge in [-0.25, -0.2) is 4.79 Å². The first kappa shape index (κ1) is 15.1. The van der Waals surface area contributed by atoms with Crippen molar-refractivity contribution >= 4 is 17.7 Å². The van der Waals surface area contributed by atoms with Crippen LogP contribution in [0.1, 0.15) is 42.6 Å². The molecule has 5 heteroatoms. The first-order chi connectivity index (χ1) is 8.58. The number of ether oxygens (including phenoxy) is 1. The molecule has 1 rings (SSSR count). The smallest absolute Gasteiger partial charge is 0.373 e. The highest BCUT2D eigenvalue weighted by Crippen LogP contribution is 2.18. The Bertz CT molecular complexity index is 378. The van der Waals surface area contributed by atoms with Crippen molar-refractivity contribution in [1.82, 2.24) is 5.32 Å². The van der Waals surface area contributed by atoms with Gasteiger partial charge in [0.05, 0.1) is 13.2 Å². The predicted octanol–water partition coefficient (Wildman–Crippen LogP) is 2.86. The molecule has 0 aliphatic heterocycles. The van der Waals surface area contributed by atoms with Gasteiger partial charge in [-0.1, -0.05) is 0 Å². The number of methoxy groups -OCH3 is 1. The molecule has 0 radical (unpaired) electrons. The van der Waals surface area contributed by atoms with Crippen molar-refractivity contribution in [3.05, 3.63) is 23.7 Å². The molecule has 1 aromatic heterocycles. The van der Waals surface area contributed by atoms with Crippen molar-refractivity contribution in [3.8, 4) is 0 Å². The summed E-state index contributed by atoms with van der Waals surface area (Å²) in [6.07, 6.45) is 3.21. The summed E-state index contributed by atoms with van der Waals surface area (Å²) in [7, 11) is 1.34. The molecular weight excluding hydrogens is 250 g/mol. The Morgan fingerprint density at radius 2 is 2.22 bits per heavy atom. The van der Waals surface area contributed by atoms with E-state index in [1.54, 1.807) is 6.07 Å². The molecule has 18 heavy (non-hydrogen) atoms. The lowest BCUT2D eigenvalue weighted by atomic mass is 10.2. The fourth-order valence-corrected chi connectivity index (χ4v) is 2.27. The Morgan fingerprint density at radius 3 is 2.83 bits per heavy atom. The van der Waals surface area contributed by atoms with Crippen LogP contribution in [-0.2, 0) is 4.74 Å². The molecule has 1 heterocycles. The summed E-state index contributed by atoms with van der Waals surface area (Å²) in [4.78, 5) is 11.3. The van der Waals surface area contributed by atoms with Gasteiger partial charge in [-0.3, -0.25) is 0 Å². The summed E-state index contributed by atoms with van der Waals surface area (Å²) in [6, 6.07) is 3.95. The van der Waals surface area contributed by atoms with Crippen LogP contribution in [0.3, 0.4) is 0 Å². The van der Waals surface area contributed by atoms with Crippen LogP contribution >= 0.6 is 11.8 Å². The van der Waals surface area contributed by atoms with Crippen molar-refractivity contribution < 1.29 is 13.9 Å². The number of rotatable bonds is 7. The Labute approximate surface area is 112 Å². The third-order valence-electron chi connectivity index (χ3n) is 2.73. The van der Waals surface area contributed by atoms with Gasteiger partial charge in [-0.2, -0.15) is 11.8 Å². The zero-order chi connectivity index (χ0) is 13.5. The van der Waals surface area contributed by atoms with Crippen molar-refractivity contribution in [1.29, 1.82) is 0 Å². The fourth-order valence-electron chi connectivity index (χ4n) is 1.68. The predicted molar refractivity (Wildman–Crippen MR) is 74.1 cm³/mol. The highest BCUT2D eigenvalue weighted by molar-refractivity contribution is 7.98. The summed E-state index contributed by atoms with van der Waals surface area (Å²) in [6.45, 7) is 4.17. The number of furan rings is 1. The van der Waals surface area contributed by atoms with Crippen LogP contribution in [-0.4, -0.2) is 31.1 Å². The quantitative estimate of drug-likeness (QED) is 0.773. The summed E-state index contributed by atoms with van der Waals surface area (Å²) >= 11 is 1.84. The molecule has 0 saturated carbocycles. The zero-order valence-electron chi connectivity index (χ0n) is 11.4. The molecule has 1 N–H and O–H groups in total. The van der Waals surface area contributed by atoms with Crippen LogP contribution in [0.25, 0.3) is 0 Å². The largest absolute Gasteiger partial charge is 0.463 e. The minimum atomic E-state index is -0.441. The first-order valence-electron chi connectivity index (χ1n) is 6.01. The molecule has 102 valence electrons. The highest BCUT2D eigenvalue weighted by atomic mass is 32.2. The third-order valence-corrected chi connectivity index (χ3v) is 3.37. The molecule has 4 nitrogen and oxygen atoms in total. The minimum Gasteiger partial charge on any atom is -0.463 e. The van der Waals surface area contributed by atoms with Crippen molar-refractivity contribution in [2.75, 3.05) is 19.1 Å². The summed E-state index contributed by atoms with van der Waals surface area (Å²) in [5.41, 5.74) is 0. The molecule has 2 atom stereocenters. The van der Waals surface area contributed by atoms with E-state index in [9.17, 15) is 4.79 Å². The van der Waals surface area contributed by atoms with Crippen molar-refractivity contribution in [2.24, 2.45) is 0 Å². The van der Waals surface area contributed by atoms with Gasteiger partial charge in [-0.15, -0.1) is 0 Å². The molecule has 0 aliphatic rings. The lowest BCUT2D eigenvalue weighted by Gasteiger charge is -2.18. The number of carbonyl (C=O) groups excluding carboxylic acids is 1. The number of hydrogen-bond donors (Lipinski definition) is 1. The van der Waals surface area contributed by atoms with E-state index < -0.39 is 5.97 Å². The number of thioether (sulfide) groups is 1. The molecule has 2 unspecified atom stereocenters. The van der Waals surface area contributed by atoms with Crippen LogP contribution in [0.15, 0.2) is 16.5 Å². The van der Waals surface area contributed by atoms with Crippen LogP contribution < -0.4 is 5.32 Å². The second kappa shape index (κ2) is 7.48. The number of esters is 1. The average molecular weight is 271 g/mol. The first-order valence-corrected chi connectivity index (χ1v) is 7.41. The standard InChI is InChI=1S/C13H21NO3S/c1-9(7-8-18-4)14-10(2)11-5-6-12(17-11)13(15)16-3/h5-6,9-10,14H,7-8H2,1-4H3. The Balaban J connectivity index is 2.53. The minimum absolute atomic E-state index is 0.0836. The van der Waals surface area contributed by atoms with Gasteiger partial charge in [0.15, 0.2) is 0 Å². The van der Waals surface area contributed by atoms with E-state index in [2.05, 4.69) is 23.2 Å². The number of nitrogens with one attached hydrogen (secondary N) is 1. The van der Waals surface area contributed by atoms with Crippen LogP contribution in [0.4, 0.5) is 0 Å². The molecular formula is C13H21NO3S. The van der Waals surface area contributed by atoms with Gasteiger partial charge in [-0.05, 0) is 44.4 Å². The van der Waals surface area contributed by atoms with E-state index in [-0.39, 0.29) is 11.8 Å². The molecule has 0 fully saturated rings. The van der Waals surface area contributed by atoms with E-state index >= 15 is 0 Å². The van der Waals surface area contributed by atoms with Gasteiger partial charge in [0.2, 0.25) is 5.76 Å². The topological polar surface area (TPSA) is 51.5 Å². The maximum Gasteiger partial charge on any atom is 0.373 e. The maximum absolute atomic E-state index is 11.3.